The minimum absolute atomic E-state index is 0.108. The number of hydrogen-bond acceptors (Lipinski definition) is 4. The van der Waals surface area contributed by atoms with E-state index >= 15 is 0 Å². The van der Waals surface area contributed by atoms with Crippen molar-refractivity contribution in [1.29, 1.82) is 0 Å². The molecule has 4 nitrogen and oxygen atoms in total. The van der Waals surface area contributed by atoms with E-state index < -0.39 is 11.7 Å². The van der Waals surface area contributed by atoms with Crippen molar-refractivity contribution < 1.29 is 17.9 Å². The number of alkyl halides is 3. The maximum Gasteiger partial charge on any atom is 0.419 e. The Kier molecular flexibility index (Phi) is 3.23. The number of halogens is 3. The van der Waals surface area contributed by atoms with Crippen molar-refractivity contribution in [3.8, 4) is 6.01 Å². The van der Waals surface area contributed by atoms with Crippen LogP contribution in [-0.2, 0) is 6.18 Å². The van der Waals surface area contributed by atoms with Gasteiger partial charge in [-0.2, -0.15) is 13.2 Å². The molecule has 0 bridgehead atoms. The minimum Gasteiger partial charge on any atom is -0.462 e. The number of nitrogens with zero attached hydrogens (tertiary/aromatic N) is 2. The predicted octanol–water partition coefficient (Wildman–Crippen LogP) is 0.833. The van der Waals surface area contributed by atoms with E-state index in [-0.39, 0.29) is 19.2 Å². The Hall–Kier alpha value is -1.37. The summed E-state index contributed by atoms with van der Waals surface area (Å²) in [6, 6.07) is -0.108. The zero-order chi connectivity index (χ0) is 10.6. The van der Waals surface area contributed by atoms with Gasteiger partial charge >= 0.3 is 12.2 Å². The lowest BCUT2D eigenvalue weighted by Gasteiger charge is -2.06. The first-order valence-electron chi connectivity index (χ1n) is 3.76. The lowest BCUT2D eigenvalue weighted by Crippen LogP contribution is -2.13. The molecule has 0 amide bonds. The van der Waals surface area contributed by atoms with Gasteiger partial charge in [0.25, 0.3) is 0 Å². The van der Waals surface area contributed by atoms with Crippen molar-refractivity contribution in [1.82, 2.24) is 9.97 Å². The number of aromatic nitrogens is 2. The Morgan fingerprint density at radius 2 is 1.86 bits per heavy atom. The topological polar surface area (TPSA) is 61.0 Å². The van der Waals surface area contributed by atoms with E-state index in [9.17, 15) is 13.2 Å². The zero-order valence-corrected chi connectivity index (χ0v) is 7.08. The number of nitrogens with two attached hydrogens (primary N) is 1. The van der Waals surface area contributed by atoms with Crippen LogP contribution >= 0.6 is 0 Å². The molecule has 1 aromatic rings. The van der Waals surface area contributed by atoms with Crippen LogP contribution in [0.2, 0.25) is 0 Å². The fourth-order valence-corrected chi connectivity index (χ4v) is 0.687. The molecule has 0 unspecified atom stereocenters. The van der Waals surface area contributed by atoms with Crippen molar-refractivity contribution in [3.05, 3.63) is 18.0 Å². The van der Waals surface area contributed by atoms with Gasteiger partial charge in [0, 0.05) is 18.9 Å². The first kappa shape index (κ1) is 10.7. The van der Waals surface area contributed by atoms with Crippen molar-refractivity contribution in [2.24, 2.45) is 5.73 Å². The summed E-state index contributed by atoms with van der Waals surface area (Å²) in [7, 11) is 0. The maximum atomic E-state index is 12.0. The van der Waals surface area contributed by atoms with Crippen LogP contribution in [0.1, 0.15) is 5.56 Å². The summed E-state index contributed by atoms with van der Waals surface area (Å²) in [6.45, 7) is 0.426. The number of ether oxygens (including phenoxy) is 1. The molecule has 0 aliphatic rings. The SMILES string of the molecule is NCCOc1ncc(C(F)(F)F)cn1. The number of hydrogen-bond donors (Lipinski definition) is 1. The highest BCUT2D eigenvalue weighted by atomic mass is 19.4. The molecule has 2 N–H and O–H groups in total. The highest BCUT2D eigenvalue weighted by Crippen LogP contribution is 2.28. The quantitative estimate of drug-likeness (QED) is 0.797. The molecule has 1 rings (SSSR count). The van der Waals surface area contributed by atoms with Gasteiger partial charge in [-0.05, 0) is 0 Å². The fourth-order valence-electron chi connectivity index (χ4n) is 0.687. The first-order valence-corrected chi connectivity index (χ1v) is 3.76. The van der Waals surface area contributed by atoms with E-state index in [4.69, 9.17) is 10.5 Å². The van der Waals surface area contributed by atoms with Gasteiger partial charge in [0.05, 0.1) is 5.56 Å². The summed E-state index contributed by atoms with van der Waals surface area (Å²) >= 11 is 0. The van der Waals surface area contributed by atoms with Crippen molar-refractivity contribution in [3.63, 3.8) is 0 Å². The molecule has 1 heterocycles. The van der Waals surface area contributed by atoms with Crippen LogP contribution in [0, 0.1) is 0 Å². The van der Waals surface area contributed by atoms with Crippen LogP contribution in [0.15, 0.2) is 12.4 Å². The monoisotopic (exact) mass is 207 g/mol. The Morgan fingerprint density at radius 3 is 2.29 bits per heavy atom. The van der Waals surface area contributed by atoms with Gasteiger partial charge in [-0.15, -0.1) is 0 Å². The lowest BCUT2D eigenvalue weighted by molar-refractivity contribution is -0.138. The molecule has 0 saturated carbocycles. The normalized spacial score (nSPS) is 11.4. The molecule has 0 fully saturated rings. The molecule has 7 heteroatoms. The first-order chi connectivity index (χ1) is 6.54. The third-order valence-electron chi connectivity index (χ3n) is 1.30. The van der Waals surface area contributed by atoms with E-state index in [0.717, 1.165) is 0 Å². The molecule has 0 radical (unpaired) electrons. The van der Waals surface area contributed by atoms with Gasteiger partial charge in [-0.3, -0.25) is 0 Å². The van der Waals surface area contributed by atoms with Crippen LogP contribution in [0.25, 0.3) is 0 Å². The molecule has 0 spiro atoms. The summed E-state index contributed by atoms with van der Waals surface area (Å²) in [4.78, 5) is 6.75. The summed E-state index contributed by atoms with van der Waals surface area (Å²) in [6.07, 6.45) is -3.09. The Bertz CT molecular complexity index is 285. The third-order valence-corrected chi connectivity index (χ3v) is 1.30. The molecule has 14 heavy (non-hydrogen) atoms. The highest BCUT2D eigenvalue weighted by molar-refractivity contribution is 5.10. The zero-order valence-electron chi connectivity index (χ0n) is 7.08. The maximum absolute atomic E-state index is 12.0. The van der Waals surface area contributed by atoms with Gasteiger partial charge < -0.3 is 10.5 Å². The van der Waals surface area contributed by atoms with Crippen LogP contribution < -0.4 is 10.5 Å². The highest BCUT2D eigenvalue weighted by Gasteiger charge is 2.31. The molecule has 1 aromatic heterocycles. The van der Waals surface area contributed by atoms with Crippen molar-refractivity contribution in [2.75, 3.05) is 13.2 Å². The fraction of sp³-hybridized carbons (Fsp3) is 0.429. The molecule has 0 aliphatic heterocycles. The van der Waals surface area contributed by atoms with E-state index in [0.29, 0.717) is 12.4 Å². The minimum atomic E-state index is -4.42. The Labute approximate surface area is 77.9 Å². The smallest absolute Gasteiger partial charge is 0.419 e. The van der Waals surface area contributed by atoms with Crippen molar-refractivity contribution >= 4 is 0 Å². The summed E-state index contributed by atoms with van der Waals surface area (Å²) in [5.74, 6) is 0. The van der Waals surface area contributed by atoms with Gasteiger partial charge in [-0.1, -0.05) is 0 Å². The lowest BCUT2D eigenvalue weighted by atomic mass is 10.3. The summed E-state index contributed by atoms with van der Waals surface area (Å²) in [5.41, 5.74) is 4.21. The van der Waals surface area contributed by atoms with Crippen LogP contribution in [0.3, 0.4) is 0 Å². The molecule has 0 aliphatic carbocycles. The van der Waals surface area contributed by atoms with Gasteiger partial charge in [0.2, 0.25) is 0 Å². The third kappa shape index (κ3) is 2.84. The van der Waals surface area contributed by atoms with Gasteiger partial charge in [0.1, 0.15) is 6.61 Å². The van der Waals surface area contributed by atoms with E-state index in [1.807, 2.05) is 0 Å². The summed E-state index contributed by atoms with van der Waals surface area (Å²) in [5, 5.41) is 0. The Morgan fingerprint density at radius 1 is 1.29 bits per heavy atom. The van der Waals surface area contributed by atoms with Crippen LogP contribution in [0.5, 0.6) is 6.01 Å². The molecule has 0 saturated heterocycles. The molecular formula is C7H8F3N3O. The van der Waals surface area contributed by atoms with Crippen LogP contribution in [-0.4, -0.2) is 23.1 Å². The van der Waals surface area contributed by atoms with Gasteiger partial charge in [0.15, 0.2) is 0 Å². The summed E-state index contributed by atoms with van der Waals surface area (Å²) < 4.78 is 40.9. The largest absolute Gasteiger partial charge is 0.462 e. The van der Waals surface area contributed by atoms with Gasteiger partial charge in [-0.25, -0.2) is 9.97 Å². The van der Waals surface area contributed by atoms with E-state index in [1.165, 1.54) is 0 Å². The van der Waals surface area contributed by atoms with Crippen molar-refractivity contribution in [2.45, 2.75) is 6.18 Å². The second-order valence-corrected chi connectivity index (χ2v) is 2.39. The predicted molar refractivity (Wildman–Crippen MR) is 41.6 cm³/mol. The second kappa shape index (κ2) is 4.23. The average molecular weight is 207 g/mol. The van der Waals surface area contributed by atoms with E-state index in [1.54, 1.807) is 0 Å². The molecule has 0 atom stereocenters. The Balaban J connectivity index is 2.69. The molecule has 0 aromatic carbocycles. The average Bonchev–Trinajstić information content (AvgIpc) is 2.14. The molecule has 78 valence electrons. The number of rotatable bonds is 3. The standard InChI is InChI=1S/C7H8F3N3O/c8-7(9,10)5-3-12-6(13-4-5)14-2-1-11/h3-4H,1-2,11H2. The van der Waals surface area contributed by atoms with Crippen LogP contribution in [0.4, 0.5) is 13.2 Å². The van der Waals surface area contributed by atoms with E-state index in [2.05, 4.69) is 9.97 Å². The molecular weight excluding hydrogens is 199 g/mol. The second-order valence-electron chi connectivity index (χ2n) is 2.39.